The highest BCUT2D eigenvalue weighted by Crippen LogP contribution is 2.23. The van der Waals surface area contributed by atoms with E-state index in [2.05, 4.69) is 4.40 Å². The summed E-state index contributed by atoms with van der Waals surface area (Å²) in [5.41, 5.74) is 2.52. The molecule has 0 fully saturated rings. The van der Waals surface area contributed by atoms with Crippen LogP contribution in [-0.4, -0.2) is 33.8 Å². The molecule has 0 saturated heterocycles. The van der Waals surface area contributed by atoms with E-state index in [4.69, 9.17) is 0 Å². The van der Waals surface area contributed by atoms with Crippen LogP contribution in [0.2, 0.25) is 0 Å². The lowest BCUT2D eigenvalue weighted by molar-refractivity contribution is 0.593. The van der Waals surface area contributed by atoms with Gasteiger partial charge in [-0.15, -0.1) is 4.40 Å². The van der Waals surface area contributed by atoms with Crippen LogP contribution in [0.1, 0.15) is 16.7 Å². The average Bonchev–Trinajstić information content (AvgIpc) is 2.12. The number of aryl methyl sites for hydroxylation is 3. The predicted molar refractivity (Wildman–Crippen MR) is 70.0 cm³/mol. The second kappa shape index (κ2) is 4.87. The van der Waals surface area contributed by atoms with Crippen molar-refractivity contribution in [3.05, 3.63) is 28.8 Å². The van der Waals surface area contributed by atoms with Gasteiger partial charge in [0.25, 0.3) is 10.0 Å². The Morgan fingerprint density at radius 3 is 2.00 bits per heavy atom. The van der Waals surface area contributed by atoms with E-state index in [1.807, 2.05) is 19.1 Å². The standard InChI is InChI=1S/C12H18N2O2S/c1-9-6-10(2)12(11(3)7-9)17(15,16)13-8-14(4)5/h6-8H,1-5H3. The molecule has 0 aliphatic carbocycles. The van der Waals surface area contributed by atoms with E-state index in [-0.39, 0.29) is 0 Å². The number of hydrogen-bond acceptors (Lipinski definition) is 2. The van der Waals surface area contributed by atoms with Crippen molar-refractivity contribution in [2.75, 3.05) is 14.1 Å². The quantitative estimate of drug-likeness (QED) is 0.611. The van der Waals surface area contributed by atoms with Gasteiger partial charge in [0, 0.05) is 14.1 Å². The molecule has 0 bridgehead atoms. The fourth-order valence-electron chi connectivity index (χ4n) is 1.78. The molecule has 0 radical (unpaired) electrons. The van der Waals surface area contributed by atoms with Gasteiger partial charge >= 0.3 is 0 Å². The SMILES string of the molecule is Cc1cc(C)c(S(=O)(=O)N=CN(C)C)c(C)c1. The zero-order valence-corrected chi connectivity index (χ0v) is 11.7. The van der Waals surface area contributed by atoms with Crippen LogP contribution in [0.3, 0.4) is 0 Å². The number of benzene rings is 1. The average molecular weight is 254 g/mol. The normalized spacial score (nSPS) is 12.1. The molecule has 0 aromatic heterocycles. The highest BCUT2D eigenvalue weighted by molar-refractivity contribution is 7.90. The molecule has 0 amide bonds. The fourth-order valence-corrected chi connectivity index (χ4v) is 3.13. The highest BCUT2D eigenvalue weighted by Gasteiger charge is 2.18. The number of sulfonamides is 1. The number of rotatable bonds is 3. The maximum Gasteiger partial charge on any atom is 0.284 e. The summed E-state index contributed by atoms with van der Waals surface area (Å²) in [5, 5.41) is 0. The molecular formula is C12H18N2O2S. The summed E-state index contributed by atoms with van der Waals surface area (Å²) >= 11 is 0. The molecule has 4 nitrogen and oxygen atoms in total. The van der Waals surface area contributed by atoms with Crippen molar-refractivity contribution >= 4 is 16.4 Å². The van der Waals surface area contributed by atoms with E-state index < -0.39 is 10.0 Å². The molecule has 0 heterocycles. The van der Waals surface area contributed by atoms with Gasteiger partial charge in [0.2, 0.25) is 0 Å². The molecule has 94 valence electrons. The summed E-state index contributed by atoms with van der Waals surface area (Å²) in [6, 6.07) is 3.70. The molecule has 0 aliphatic heterocycles. The predicted octanol–water partition coefficient (Wildman–Crippen LogP) is 1.89. The first kappa shape index (κ1) is 13.7. The van der Waals surface area contributed by atoms with Crippen molar-refractivity contribution < 1.29 is 8.42 Å². The molecule has 0 spiro atoms. The summed E-state index contributed by atoms with van der Waals surface area (Å²) in [5.74, 6) is 0. The van der Waals surface area contributed by atoms with Gasteiger partial charge < -0.3 is 4.90 Å². The Balaban J connectivity index is 3.35. The molecule has 1 rings (SSSR count). The van der Waals surface area contributed by atoms with E-state index in [1.54, 1.807) is 32.8 Å². The van der Waals surface area contributed by atoms with Crippen LogP contribution in [-0.2, 0) is 10.0 Å². The van der Waals surface area contributed by atoms with Crippen LogP contribution in [0.25, 0.3) is 0 Å². The van der Waals surface area contributed by atoms with Crippen molar-refractivity contribution in [1.29, 1.82) is 0 Å². The van der Waals surface area contributed by atoms with Gasteiger partial charge in [-0.25, -0.2) is 0 Å². The van der Waals surface area contributed by atoms with Crippen LogP contribution in [0.4, 0.5) is 0 Å². The van der Waals surface area contributed by atoms with Crippen LogP contribution in [0.5, 0.6) is 0 Å². The summed E-state index contributed by atoms with van der Waals surface area (Å²) in [7, 11) is -0.146. The molecule has 17 heavy (non-hydrogen) atoms. The third-order valence-corrected chi connectivity index (χ3v) is 3.81. The van der Waals surface area contributed by atoms with Gasteiger partial charge in [-0.2, -0.15) is 8.42 Å². The molecule has 1 aromatic carbocycles. The molecule has 0 atom stereocenters. The van der Waals surface area contributed by atoms with Crippen LogP contribution in [0.15, 0.2) is 21.4 Å². The molecular weight excluding hydrogens is 236 g/mol. The minimum absolute atomic E-state index is 0.307. The number of hydrogen-bond donors (Lipinski definition) is 0. The Bertz CT molecular complexity index is 523. The Hall–Kier alpha value is -1.36. The molecule has 5 heteroatoms. The molecule has 0 N–H and O–H groups in total. The second-order valence-electron chi connectivity index (χ2n) is 4.39. The van der Waals surface area contributed by atoms with Gasteiger partial charge in [-0.1, -0.05) is 17.7 Å². The highest BCUT2D eigenvalue weighted by atomic mass is 32.2. The zero-order valence-electron chi connectivity index (χ0n) is 10.9. The zero-order chi connectivity index (χ0) is 13.2. The molecule has 0 saturated carbocycles. The van der Waals surface area contributed by atoms with Gasteiger partial charge in [-0.3, -0.25) is 0 Å². The molecule has 1 aromatic rings. The fraction of sp³-hybridized carbons (Fsp3) is 0.417. The van der Waals surface area contributed by atoms with E-state index in [1.165, 1.54) is 6.34 Å². The van der Waals surface area contributed by atoms with Crippen LogP contribution >= 0.6 is 0 Å². The van der Waals surface area contributed by atoms with Crippen molar-refractivity contribution in [3.63, 3.8) is 0 Å². The topological polar surface area (TPSA) is 49.7 Å². The van der Waals surface area contributed by atoms with Crippen LogP contribution < -0.4 is 0 Å². The first-order valence-electron chi connectivity index (χ1n) is 5.29. The summed E-state index contributed by atoms with van der Waals surface area (Å²) in [6.07, 6.45) is 1.30. The first-order valence-corrected chi connectivity index (χ1v) is 6.73. The maximum atomic E-state index is 12.1. The third-order valence-electron chi connectivity index (χ3n) is 2.28. The third kappa shape index (κ3) is 3.30. The molecule has 0 unspecified atom stereocenters. The van der Waals surface area contributed by atoms with Gasteiger partial charge in [0.15, 0.2) is 0 Å². The van der Waals surface area contributed by atoms with Crippen molar-refractivity contribution in [2.45, 2.75) is 25.7 Å². The van der Waals surface area contributed by atoms with Crippen molar-refractivity contribution in [3.8, 4) is 0 Å². The Morgan fingerprint density at radius 1 is 1.12 bits per heavy atom. The summed E-state index contributed by atoms with van der Waals surface area (Å²) < 4.78 is 27.8. The van der Waals surface area contributed by atoms with Crippen molar-refractivity contribution in [1.82, 2.24) is 4.90 Å². The maximum absolute atomic E-state index is 12.1. The minimum atomic E-state index is -3.61. The lowest BCUT2D eigenvalue weighted by atomic mass is 10.1. The Kier molecular flexibility index (Phi) is 3.93. The van der Waals surface area contributed by atoms with E-state index >= 15 is 0 Å². The van der Waals surface area contributed by atoms with Gasteiger partial charge in [0.1, 0.15) is 6.34 Å². The van der Waals surface area contributed by atoms with Gasteiger partial charge in [0.05, 0.1) is 4.90 Å². The smallest absolute Gasteiger partial charge is 0.284 e. The van der Waals surface area contributed by atoms with Gasteiger partial charge in [-0.05, 0) is 31.9 Å². The van der Waals surface area contributed by atoms with Crippen LogP contribution in [0, 0.1) is 20.8 Å². The Morgan fingerprint density at radius 2 is 1.59 bits per heavy atom. The van der Waals surface area contributed by atoms with E-state index in [0.717, 1.165) is 16.7 Å². The lowest BCUT2D eigenvalue weighted by Gasteiger charge is -2.09. The molecule has 0 aliphatic rings. The van der Waals surface area contributed by atoms with E-state index in [0.29, 0.717) is 4.90 Å². The first-order chi connectivity index (χ1) is 7.74. The lowest BCUT2D eigenvalue weighted by Crippen LogP contribution is -2.11. The van der Waals surface area contributed by atoms with Crippen molar-refractivity contribution in [2.24, 2.45) is 4.40 Å². The number of nitrogens with zero attached hydrogens (tertiary/aromatic N) is 2. The monoisotopic (exact) mass is 254 g/mol. The summed E-state index contributed by atoms with van der Waals surface area (Å²) in [4.78, 5) is 1.90. The minimum Gasteiger partial charge on any atom is -0.368 e. The summed E-state index contributed by atoms with van der Waals surface area (Å²) in [6.45, 7) is 5.52. The largest absolute Gasteiger partial charge is 0.368 e. The second-order valence-corrected chi connectivity index (χ2v) is 5.96. The Labute approximate surface area is 103 Å². The van der Waals surface area contributed by atoms with E-state index in [9.17, 15) is 8.42 Å².